The Bertz CT molecular complexity index is 1040. The molecule has 4 rings (SSSR count). The van der Waals surface area contributed by atoms with Crippen molar-refractivity contribution in [2.75, 3.05) is 31.1 Å². The lowest BCUT2D eigenvalue weighted by atomic mass is 10.0. The molecule has 2 aromatic heterocycles. The fourth-order valence-electron chi connectivity index (χ4n) is 3.35. The molecule has 10 heteroatoms. The van der Waals surface area contributed by atoms with Crippen LogP contribution in [0.25, 0.3) is 22.2 Å². The number of rotatable bonds is 2. The Balaban J connectivity index is 1.85. The summed E-state index contributed by atoms with van der Waals surface area (Å²) in [5, 5.41) is 17.5. The van der Waals surface area contributed by atoms with Crippen LogP contribution in [0.3, 0.4) is 0 Å². The molecular formula is C18H17F4N5O. The standard InChI is InChI=1S/C18H17F4N5O/c1-26-13-8-15(27-4-2-23-3-5-27)24-9-12(13)17(25-26)11-6-10(18(20,21)22)7-14(28)16(11)19/h6-9,23,28H,2-5H2,1H3. The number of aromatic nitrogens is 3. The first-order valence-electron chi connectivity index (χ1n) is 8.64. The molecule has 0 unspecified atom stereocenters. The number of hydrogen-bond acceptors (Lipinski definition) is 5. The Kier molecular flexibility index (Phi) is 4.37. The van der Waals surface area contributed by atoms with E-state index in [4.69, 9.17) is 0 Å². The van der Waals surface area contributed by atoms with Crippen LogP contribution >= 0.6 is 0 Å². The Labute approximate surface area is 157 Å². The summed E-state index contributed by atoms with van der Waals surface area (Å²) < 4.78 is 55.2. The van der Waals surface area contributed by atoms with Crippen LogP contribution in [-0.2, 0) is 13.2 Å². The molecule has 1 aliphatic heterocycles. The number of alkyl halides is 3. The SMILES string of the molecule is Cn1nc(-c2cc(C(F)(F)F)cc(O)c2F)c2cnc(N3CCNCC3)cc21. The molecule has 6 nitrogen and oxygen atoms in total. The van der Waals surface area contributed by atoms with Gasteiger partial charge in [0.05, 0.1) is 11.1 Å². The van der Waals surface area contributed by atoms with Crippen molar-refractivity contribution >= 4 is 16.7 Å². The number of hydrogen-bond donors (Lipinski definition) is 2. The van der Waals surface area contributed by atoms with Gasteiger partial charge < -0.3 is 15.3 Å². The fraction of sp³-hybridized carbons (Fsp3) is 0.333. The third kappa shape index (κ3) is 3.13. The van der Waals surface area contributed by atoms with Gasteiger partial charge in [-0.15, -0.1) is 0 Å². The molecule has 0 saturated carbocycles. The van der Waals surface area contributed by atoms with Crippen molar-refractivity contribution in [1.82, 2.24) is 20.1 Å². The summed E-state index contributed by atoms with van der Waals surface area (Å²) in [7, 11) is 1.62. The molecule has 28 heavy (non-hydrogen) atoms. The van der Waals surface area contributed by atoms with E-state index in [1.165, 1.54) is 10.9 Å². The van der Waals surface area contributed by atoms with Gasteiger partial charge in [-0.05, 0) is 12.1 Å². The van der Waals surface area contributed by atoms with Gasteiger partial charge in [0, 0.05) is 56.4 Å². The minimum absolute atomic E-state index is 0.00393. The first-order chi connectivity index (χ1) is 13.3. The van der Waals surface area contributed by atoms with Crippen molar-refractivity contribution in [2.24, 2.45) is 7.05 Å². The van der Waals surface area contributed by atoms with E-state index in [0.29, 0.717) is 23.0 Å². The van der Waals surface area contributed by atoms with E-state index in [0.717, 1.165) is 32.0 Å². The van der Waals surface area contributed by atoms with Crippen LogP contribution in [0.1, 0.15) is 5.56 Å². The molecule has 1 fully saturated rings. The zero-order valence-corrected chi connectivity index (χ0v) is 14.9. The molecule has 148 valence electrons. The Hall–Kier alpha value is -2.88. The summed E-state index contributed by atoms with van der Waals surface area (Å²) in [4.78, 5) is 6.47. The number of fused-ring (bicyclic) bond motifs is 1. The minimum Gasteiger partial charge on any atom is -0.505 e. The number of nitrogens with zero attached hydrogens (tertiary/aromatic N) is 4. The number of phenols is 1. The number of aromatic hydroxyl groups is 1. The zero-order valence-electron chi connectivity index (χ0n) is 14.9. The number of nitrogens with one attached hydrogen (secondary N) is 1. The van der Waals surface area contributed by atoms with Crippen molar-refractivity contribution in [3.63, 3.8) is 0 Å². The van der Waals surface area contributed by atoms with E-state index >= 15 is 0 Å². The summed E-state index contributed by atoms with van der Waals surface area (Å²) >= 11 is 0. The predicted molar refractivity (Wildman–Crippen MR) is 95.7 cm³/mol. The number of halogens is 4. The summed E-state index contributed by atoms with van der Waals surface area (Å²) in [6.45, 7) is 3.20. The molecule has 0 spiro atoms. The second-order valence-corrected chi connectivity index (χ2v) is 6.62. The van der Waals surface area contributed by atoms with Gasteiger partial charge in [0.1, 0.15) is 11.5 Å². The molecule has 3 heterocycles. The maximum atomic E-state index is 14.5. The highest BCUT2D eigenvalue weighted by molar-refractivity contribution is 5.94. The zero-order chi connectivity index (χ0) is 20.1. The highest BCUT2D eigenvalue weighted by Gasteiger charge is 2.33. The van der Waals surface area contributed by atoms with Crippen molar-refractivity contribution in [1.29, 1.82) is 0 Å². The largest absolute Gasteiger partial charge is 0.505 e. The Morgan fingerprint density at radius 3 is 2.54 bits per heavy atom. The summed E-state index contributed by atoms with van der Waals surface area (Å²) in [6, 6.07) is 2.80. The van der Waals surface area contributed by atoms with E-state index in [2.05, 4.69) is 20.3 Å². The number of aryl methyl sites for hydroxylation is 1. The fourth-order valence-corrected chi connectivity index (χ4v) is 3.35. The summed E-state index contributed by atoms with van der Waals surface area (Å²) in [5.41, 5.74) is -0.967. The molecule has 2 N–H and O–H groups in total. The number of anilines is 1. The van der Waals surface area contributed by atoms with Crippen LogP contribution in [-0.4, -0.2) is 46.1 Å². The van der Waals surface area contributed by atoms with Crippen molar-refractivity contribution in [2.45, 2.75) is 6.18 Å². The van der Waals surface area contributed by atoms with Gasteiger partial charge in [0.2, 0.25) is 0 Å². The van der Waals surface area contributed by atoms with Crippen LogP contribution in [0.4, 0.5) is 23.4 Å². The van der Waals surface area contributed by atoms with Gasteiger partial charge in [0.25, 0.3) is 0 Å². The van der Waals surface area contributed by atoms with Crippen LogP contribution in [0.2, 0.25) is 0 Å². The van der Waals surface area contributed by atoms with Crippen LogP contribution < -0.4 is 10.2 Å². The van der Waals surface area contributed by atoms with Crippen LogP contribution in [0.15, 0.2) is 24.4 Å². The normalized spacial score (nSPS) is 15.4. The van der Waals surface area contributed by atoms with Crippen LogP contribution in [0.5, 0.6) is 5.75 Å². The molecule has 0 atom stereocenters. The van der Waals surface area contributed by atoms with Gasteiger partial charge in [0.15, 0.2) is 11.6 Å². The van der Waals surface area contributed by atoms with E-state index in [9.17, 15) is 22.7 Å². The molecule has 0 radical (unpaired) electrons. The topological polar surface area (TPSA) is 66.2 Å². The number of benzene rings is 1. The molecule has 0 amide bonds. The highest BCUT2D eigenvalue weighted by atomic mass is 19.4. The highest BCUT2D eigenvalue weighted by Crippen LogP contribution is 2.39. The average molecular weight is 395 g/mol. The van der Waals surface area contributed by atoms with Crippen LogP contribution in [0, 0.1) is 5.82 Å². The predicted octanol–water partition coefficient (Wildman–Crippen LogP) is 2.91. The Morgan fingerprint density at radius 2 is 1.86 bits per heavy atom. The van der Waals surface area contributed by atoms with Gasteiger partial charge in [-0.3, -0.25) is 4.68 Å². The second-order valence-electron chi connectivity index (χ2n) is 6.62. The monoisotopic (exact) mass is 395 g/mol. The molecule has 1 saturated heterocycles. The number of pyridine rings is 1. The average Bonchev–Trinajstić information content (AvgIpc) is 3.00. The van der Waals surface area contributed by atoms with Gasteiger partial charge in [-0.25, -0.2) is 9.37 Å². The molecule has 1 aromatic carbocycles. The molecule has 0 aliphatic carbocycles. The first-order valence-corrected chi connectivity index (χ1v) is 8.64. The minimum atomic E-state index is -4.72. The molecule has 0 bridgehead atoms. The van der Waals surface area contributed by atoms with Gasteiger partial charge in [-0.1, -0.05) is 0 Å². The Morgan fingerprint density at radius 1 is 1.14 bits per heavy atom. The summed E-state index contributed by atoms with van der Waals surface area (Å²) in [5.74, 6) is -1.51. The van der Waals surface area contributed by atoms with E-state index in [1.54, 1.807) is 13.1 Å². The van der Waals surface area contributed by atoms with E-state index < -0.39 is 28.9 Å². The lowest BCUT2D eigenvalue weighted by Crippen LogP contribution is -2.43. The third-order valence-corrected chi connectivity index (χ3v) is 4.80. The quantitative estimate of drug-likeness (QED) is 0.654. The number of phenolic OH excluding ortho intramolecular Hbond substituents is 1. The van der Waals surface area contributed by atoms with Crippen molar-refractivity contribution < 1.29 is 22.7 Å². The third-order valence-electron chi connectivity index (χ3n) is 4.80. The lowest BCUT2D eigenvalue weighted by Gasteiger charge is -2.28. The maximum absolute atomic E-state index is 14.5. The molecular weight excluding hydrogens is 378 g/mol. The van der Waals surface area contributed by atoms with E-state index in [-0.39, 0.29) is 5.69 Å². The van der Waals surface area contributed by atoms with Gasteiger partial charge in [-0.2, -0.15) is 18.3 Å². The lowest BCUT2D eigenvalue weighted by molar-refractivity contribution is -0.137. The van der Waals surface area contributed by atoms with E-state index in [1.807, 2.05) is 0 Å². The van der Waals surface area contributed by atoms with Gasteiger partial charge >= 0.3 is 6.18 Å². The number of piperazine rings is 1. The second kappa shape index (κ2) is 6.62. The summed E-state index contributed by atoms with van der Waals surface area (Å²) in [6.07, 6.45) is -3.25. The van der Waals surface area contributed by atoms with Crippen molar-refractivity contribution in [3.05, 3.63) is 35.8 Å². The maximum Gasteiger partial charge on any atom is 0.416 e. The molecule has 1 aliphatic rings. The first kappa shape index (κ1) is 18.5. The van der Waals surface area contributed by atoms with Crippen molar-refractivity contribution in [3.8, 4) is 17.0 Å². The smallest absolute Gasteiger partial charge is 0.416 e. The molecule has 3 aromatic rings.